The van der Waals surface area contributed by atoms with Crippen LogP contribution >= 0.6 is 23.2 Å². The van der Waals surface area contributed by atoms with Gasteiger partial charge in [-0.25, -0.2) is 4.39 Å². The molecule has 0 aromatic heterocycles. The molecule has 0 aliphatic rings. The minimum Gasteiger partial charge on any atom is -0.652 e. The number of hydrogen-bond acceptors (Lipinski definition) is 2. The molecule has 8 heteroatoms. The molecular formula is C21H16Cl2FKN2O2. The van der Waals surface area contributed by atoms with E-state index in [0.717, 1.165) is 5.56 Å². The number of carbonyl (C=O) groups is 1. The van der Waals surface area contributed by atoms with Gasteiger partial charge in [0.1, 0.15) is 11.6 Å². The standard InChI is InChI=1S/C21H17Cl2FN2O2.K/c1-12-3-8-18(17(24)9-12)26-20-16(10-14(23)11-19(20)28-2)21(27)25-15-6-4-13(22)5-7-15;/h3-11H,1-2H3,(H2,25,26,27);/q;+1/p-1. The third kappa shape index (κ3) is 6.18. The van der Waals surface area contributed by atoms with E-state index in [-0.39, 0.29) is 74.1 Å². The van der Waals surface area contributed by atoms with Crippen LogP contribution < -0.4 is 61.4 Å². The molecule has 29 heavy (non-hydrogen) atoms. The molecule has 0 atom stereocenters. The zero-order valence-corrected chi connectivity index (χ0v) is 20.7. The molecule has 3 aromatic carbocycles. The van der Waals surface area contributed by atoms with Crippen LogP contribution in [0.3, 0.4) is 0 Å². The van der Waals surface area contributed by atoms with Crippen molar-refractivity contribution >= 4 is 46.2 Å². The quantitative estimate of drug-likeness (QED) is 0.588. The van der Waals surface area contributed by atoms with E-state index in [1.807, 2.05) is 0 Å². The van der Waals surface area contributed by atoms with Crippen LogP contribution in [0.15, 0.2) is 54.6 Å². The summed E-state index contributed by atoms with van der Waals surface area (Å²) >= 11 is 12.0. The summed E-state index contributed by atoms with van der Waals surface area (Å²) in [5.74, 6) is -0.704. The molecular weight excluding hydrogens is 441 g/mol. The van der Waals surface area contributed by atoms with Gasteiger partial charge in [-0.3, -0.25) is 4.79 Å². The monoisotopic (exact) mass is 456 g/mol. The van der Waals surface area contributed by atoms with Crippen molar-refractivity contribution in [2.24, 2.45) is 0 Å². The molecule has 0 saturated heterocycles. The average Bonchev–Trinajstić information content (AvgIpc) is 2.66. The van der Waals surface area contributed by atoms with E-state index in [0.29, 0.717) is 15.7 Å². The van der Waals surface area contributed by atoms with Gasteiger partial charge in [-0.2, -0.15) is 0 Å². The maximum atomic E-state index is 14.3. The van der Waals surface area contributed by atoms with Crippen molar-refractivity contribution in [2.45, 2.75) is 6.92 Å². The zero-order chi connectivity index (χ0) is 20.3. The Morgan fingerprint density at radius 3 is 2.34 bits per heavy atom. The van der Waals surface area contributed by atoms with Gasteiger partial charge in [0.05, 0.1) is 7.11 Å². The SMILES string of the molecule is COc1cc(Cl)cc(C(=O)Nc2ccc(Cl)cc2)c1[N-]c1ccc(C)cc1F.[K+]. The third-order valence-electron chi connectivity index (χ3n) is 3.94. The van der Waals surface area contributed by atoms with Gasteiger partial charge in [-0.05, 0) is 55.0 Å². The first-order chi connectivity index (χ1) is 13.4. The Balaban J connectivity index is 0.00000300. The largest absolute Gasteiger partial charge is 1.00 e. The van der Waals surface area contributed by atoms with E-state index in [1.165, 1.54) is 25.3 Å². The topological polar surface area (TPSA) is 52.4 Å². The molecule has 0 radical (unpaired) electrons. The Kier molecular flexibility index (Phi) is 8.97. The molecule has 1 amide bonds. The molecule has 0 spiro atoms. The van der Waals surface area contributed by atoms with Crippen LogP contribution in [0.4, 0.5) is 21.5 Å². The number of carbonyl (C=O) groups excluding carboxylic acids is 1. The minimum atomic E-state index is -0.499. The summed E-state index contributed by atoms with van der Waals surface area (Å²) in [5, 5.41) is 7.92. The molecule has 0 bridgehead atoms. The molecule has 3 rings (SSSR count). The summed E-state index contributed by atoms with van der Waals surface area (Å²) in [6.07, 6.45) is 0. The van der Waals surface area contributed by atoms with Crippen molar-refractivity contribution in [3.8, 4) is 5.75 Å². The van der Waals surface area contributed by atoms with Crippen LogP contribution in [0.25, 0.3) is 5.32 Å². The van der Waals surface area contributed by atoms with Gasteiger partial charge in [-0.1, -0.05) is 46.7 Å². The van der Waals surface area contributed by atoms with Gasteiger partial charge in [0, 0.05) is 21.3 Å². The Bertz CT molecular complexity index is 1030. The number of benzene rings is 3. The van der Waals surface area contributed by atoms with E-state index in [1.54, 1.807) is 43.3 Å². The fraction of sp³-hybridized carbons (Fsp3) is 0.0952. The van der Waals surface area contributed by atoms with Crippen molar-refractivity contribution in [2.75, 3.05) is 12.4 Å². The van der Waals surface area contributed by atoms with E-state index >= 15 is 0 Å². The molecule has 144 valence electrons. The third-order valence-corrected chi connectivity index (χ3v) is 4.41. The van der Waals surface area contributed by atoms with Crippen LogP contribution in [-0.2, 0) is 0 Å². The molecule has 0 aliphatic heterocycles. The number of aryl methyl sites for hydroxylation is 1. The first-order valence-electron chi connectivity index (χ1n) is 8.29. The van der Waals surface area contributed by atoms with Crippen LogP contribution in [0.1, 0.15) is 15.9 Å². The van der Waals surface area contributed by atoms with Gasteiger partial charge in [-0.15, -0.1) is 0 Å². The molecule has 0 unspecified atom stereocenters. The maximum absolute atomic E-state index is 14.3. The zero-order valence-electron chi connectivity index (χ0n) is 16.1. The molecule has 0 fully saturated rings. The number of rotatable bonds is 5. The van der Waals surface area contributed by atoms with Crippen LogP contribution in [0, 0.1) is 12.7 Å². The molecule has 3 aromatic rings. The minimum absolute atomic E-state index is 0. The van der Waals surface area contributed by atoms with E-state index < -0.39 is 11.7 Å². The first-order valence-corrected chi connectivity index (χ1v) is 9.05. The van der Waals surface area contributed by atoms with Crippen LogP contribution in [-0.4, -0.2) is 13.0 Å². The summed E-state index contributed by atoms with van der Waals surface area (Å²) in [6.45, 7) is 1.78. The molecule has 1 N–H and O–H groups in total. The Morgan fingerprint density at radius 2 is 1.72 bits per heavy atom. The van der Waals surface area contributed by atoms with E-state index in [2.05, 4.69) is 10.6 Å². The number of hydrogen-bond donors (Lipinski definition) is 1. The fourth-order valence-electron chi connectivity index (χ4n) is 2.57. The van der Waals surface area contributed by atoms with Crippen LogP contribution in [0.5, 0.6) is 5.75 Å². The number of amides is 1. The Hall–Kier alpha value is -1.12. The van der Waals surface area contributed by atoms with Crippen LogP contribution in [0.2, 0.25) is 10.0 Å². The van der Waals surface area contributed by atoms with Crippen molar-refractivity contribution in [1.82, 2.24) is 0 Å². The summed E-state index contributed by atoms with van der Waals surface area (Å²) < 4.78 is 19.6. The van der Waals surface area contributed by atoms with Crippen molar-refractivity contribution in [3.05, 3.63) is 86.9 Å². The van der Waals surface area contributed by atoms with Gasteiger partial charge < -0.3 is 15.4 Å². The smallest absolute Gasteiger partial charge is 0.652 e. The van der Waals surface area contributed by atoms with E-state index in [9.17, 15) is 9.18 Å². The van der Waals surface area contributed by atoms with Crippen molar-refractivity contribution in [3.63, 3.8) is 0 Å². The van der Waals surface area contributed by atoms with Crippen molar-refractivity contribution in [1.29, 1.82) is 0 Å². The molecule has 0 heterocycles. The molecule has 4 nitrogen and oxygen atoms in total. The van der Waals surface area contributed by atoms with Gasteiger partial charge in [0.15, 0.2) is 0 Å². The summed E-state index contributed by atoms with van der Waals surface area (Å²) in [5.41, 5.74) is 1.73. The number of nitrogens with one attached hydrogen (secondary N) is 1. The van der Waals surface area contributed by atoms with Crippen molar-refractivity contribution < 1.29 is 65.3 Å². The second-order valence-electron chi connectivity index (χ2n) is 6.03. The summed E-state index contributed by atoms with van der Waals surface area (Å²) in [7, 11) is 1.43. The average molecular weight is 457 g/mol. The Morgan fingerprint density at radius 1 is 1.03 bits per heavy atom. The predicted molar refractivity (Wildman–Crippen MR) is 111 cm³/mol. The maximum Gasteiger partial charge on any atom is 1.00 e. The number of methoxy groups -OCH3 is 1. The fourth-order valence-corrected chi connectivity index (χ4v) is 2.91. The summed E-state index contributed by atoms with van der Waals surface area (Å²) in [6, 6.07) is 14.3. The predicted octanol–water partition coefficient (Wildman–Crippen LogP) is 4.04. The molecule has 0 aliphatic carbocycles. The summed E-state index contributed by atoms with van der Waals surface area (Å²) in [4.78, 5) is 12.9. The van der Waals surface area contributed by atoms with Gasteiger partial charge >= 0.3 is 51.4 Å². The molecule has 0 saturated carbocycles. The second kappa shape index (κ2) is 10.8. The Labute approximate surface area is 221 Å². The number of ether oxygens (including phenoxy) is 1. The normalized spacial score (nSPS) is 10.1. The van der Waals surface area contributed by atoms with Gasteiger partial charge in [0.2, 0.25) is 0 Å². The van der Waals surface area contributed by atoms with Gasteiger partial charge in [0.25, 0.3) is 5.91 Å². The first kappa shape index (κ1) is 24.1. The second-order valence-corrected chi connectivity index (χ2v) is 6.90. The number of anilines is 1. The number of nitrogens with zero attached hydrogens (tertiary/aromatic N) is 1. The van der Waals surface area contributed by atoms with E-state index in [4.69, 9.17) is 27.9 Å². The number of halogens is 3.